The van der Waals surface area contributed by atoms with Crippen molar-refractivity contribution in [2.24, 2.45) is 29.4 Å². The number of aliphatic hydroxyl groups excluding tert-OH is 1. The van der Waals surface area contributed by atoms with E-state index >= 15 is 0 Å². The van der Waals surface area contributed by atoms with Gasteiger partial charge in [0.05, 0.1) is 29.5 Å². The van der Waals surface area contributed by atoms with Gasteiger partial charge < -0.3 is 31.4 Å². The molecule has 5 rings (SSSR count). The Hall–Kier alpha value is -3.90. The van der Waals surface area contributed by atoms with E-state index < -0.39 is 82.5 Å². The molecule has 2 fully saturated rings. The van der Waals surface area contributed by atoms with Gasteiger partial charge in [-0.2, -0.15) is 0 Å². The van der Waals surface area contributed by atoms with Gasteiger partial charge in [0.25, 0.3) is 0 Å². The van der Waals surface area contributed by atoms with Crippen LogP contribution in [0, 0.1) is 23.7 Å². The quantitative estimate of drug-likeness (QED) is 0.237. The fourth-order valence-electron chi connectivity index (χ4n) is 6.19. The third-order valence-electron chi connectivity index (χ3n) is 8.12. The lowest BCUT2D eigenvalue weighted by atomic mass is 9.50. The lowest BCUT2D eigenvalue weighted by molar-refractivity contribution is -0.189. The SMILES string of the molecule is CCc1cnc(Nc2ccc3c(c2O)C(=O)C2C(=O)[C@]4(O)C(=O)C(C(N)=O)C(=O)C[C@@H]4[C@@H](O)[C@@H]2[C@H]3C)[nH]1. The Morgan fingerprint density at radius 3 is 2.57 bits per heavy atom. The van der Waals surface area contributed by atoms with Crippen LogP contribution in [0.1, 0.15) is 47.8 Å². The predicted molar refractivity (Wildman–Crippen MR) is 126 cm³/mol. The first kappa shape index (κ1) is 24.8. The molecule has 0 saturated heterocycles. The number of nitrogens with one attached hydrogen (secondary N) is 2. The second-order valence-electron chi connectivity index (χ2n) is 9.97. The van der Waals surface area contributed by atoms with Gasteiger partial charge >= 0.3 is 0 Å². The van der Waals surface area contributed by atoms with Crippen LogP contribution in [-0.4, -0.2) is 66.0 Å². The summed E-state index contributed by atoms with van der Waals surface area (Å²) in [5.74, 6) is -12.9. The van der Waals surface area contributed by atoms with Gasteiger partial charge in [-0.1, -0.05) is 19.9 Å². The molecular weight excluding hydrogens is 484 g/mol. The summed E-state index contributed by atoms with van der Waals surface area (Å²) in [6.45, 7) is 3.58. The van der Waals surface area contributed by atoms with Gasteiger partial charge in [-0.05, 0) is 24.0 Å². The number of fused-ring (bicyclic) bond motifs is 3. The number of carbonyl (C=O) groups excluding carboxylic acids is 5. The summed E-state index contributed by atoms with van der Waals surface area (Å²) in [4.78, 5) is 71.9. The van der Waals surface area contributed by atoms with E-state index in [0.29, 0.717) is 17.9 Å². The van der Waals surface area contributed by atoms with E-state index in [9.17, 15) is 39.3 Å². The van der Waals surface area contributed by atoms with E-state index in [1.807, 2.05) is 6.92 Å². The highest BCUT2D eigenvalue weighted by atomic mass is 16.3. The Kier molecular flexibility index (Phi) is 5.57. The van der Waals surface area contributed by atoms with Crippen LogP contribution in [-0.2, 0) is 25.6 Å². The number of aromatic hydroxyl groups is 1. The van der Waals surface area contributed by atoms with E-state index in [1.54, 1.807) is 19.2 Å². The molecule has 2 saturated carbocycles. The molecule has 1 heterocycles. The van der Waals surface area contributed by atoms with Crippen molar-refractivity contribution in [2.75, 3.05) is 5.32 Å². The smallest absolute Gasteiger partial charge is 0.235 e. The average Bonchev–Trinajstić information content (AvgIpc) is 3.30. The molecule has 1 aromatic carbocycles. The number of anilines is 2. The number of amides is 1. The summed E-state index contributed by atoms with van der Waals surface area (Å²) in [7, 11) is 0. The number of aryl methyl sites for hydroxylation is 1. The highest BCUT2D eigenvalue weighted by Crippen LogP contribution is 2.54. The summed E-state index contributed by atoms with van der Waals surface area (Å²) in [6, 6.07) is 3.11. The standard InChI is InChI=1S/C25H26N4O8/c1-3-9-7-27-24(28-9)29-12-5-4-10-8(2)14-17(20(33)15(10)19(12)32)22(35)25(37)11(18(14)31)6-13(30)16(21(25)34)23(26)36/h4-5,7-8,11,14,16-18,31-32,37H,3,6H2,1-2H3,(H2,26,36)(H2,27,28,29)/t8-,11+,14+,16?,17?,18+,25+/m0/s1. The zero-order valence-corrected chi connectivity index (χ0v) is 20.0. The number of ketones is 4. The van der Waals surface area contributed by atoms with Gasteiger partial charge in [0, 0.05) is 24.0 Å². The number of rotatable bonds is 4. The molecule has 7 atom stereocenters. The number of aliphatic hydroxyl groups is 2. The molecular formula is C25H26N4O8. The van der Waals surface area contributed by atoms with E-state index in [1.165, 1.54) is 6.07 Å². The van der Waals surface area contributed by atoms with Crippen LogP contribution in [0.25, 0.3) is 0 Å². The van der Waals surface area contributed by atoms with Crippen LogP contribution in [0.3, 0.4) is 0 Å². The summed E-state index contributed by atoms with van der Waals surface area (Å²) < 4.78 is 0. The number of aromatic nitrogens is 2. The molecule has 12 heteroatoms. The summed E-state index contributed by atoms with van der Waals surface area (Å²) >= 11 is 0. The molecule has 1 amide bonds. The number of Topliss-reactive ketones (excluding diaryl/α,β-unsaturated/α-hetero) is 4. The fourth-order valence-corrected chi connectivity index (χ4v) is 6.19. The molecule has 1 aromatic heterocycles. The molecule has 12 nitrogen and oxygen atoms in total. The Bertz CT molecular complexity index is 1380. The number of aromatic amines is 1. The maximum Gasteiger partial charge on any atom is 0.235 e. The maximum absolute atomic E-state index is 13.7. The Labute approximate surface area is 210 Å². The van der Waals surface area contributed by atoms with Gasteiger partial charge in [-0.15, -0.1) is 0 Å². The number of nitrogens with two attached hydrogens (primary N) is 1. The lowest BCUT2D eigenvalue weighted by Gasteiger charge is -2.52. The number of primary amides is 1. The van der Waals surface area contributed by atoms with Crippen LogP contribution >= 0.6 is 0 Å². The number of imidazole rings is 1. The Balaban J connectivity index is 1.59. The van der Waals surface area contributed by atoms with E-state index in [-0.39, 0.29) is 11.3 Å². The highest BCUT2D eigenvalue weighted by Gasteiger charge is 2.69. The second kappa shape index (κ2) is 8.32. The average molecular weight is 511 g/mol. The third-order valence-corrected chi connectivity index (χ3v) is 8.12. The molecule has 0 bridgehead atoms. The summed E-state index contributed by atoms with van der Waals surface area (Å²) in [5, 5.41) is 36.5. The fraction of sp³-hybridized carbons (Fsp3) is 0.440. The van der Waals surface area contributed by atoms with Crippen molar-refractivity contribution in [3.63, 3.8) is 0 Å². The number of nitrogens with zero attached hydrogens (tertiary/aromatic N) is 1. The van der Waals surface area contributed by atoms with Gasteiger partial charge in [-0.3, -0.25) is 24.0 Å². The van der Waals surface area contributed by atoms with Gasteiger partial charge in [0.15, 0.2) is 34.7 Å². The second-order valence-corrected chi connectivity index (χ2v) is 9.97. The van der Waals surface area contributed by atoms with Gasteiger partial charge in [0.2, 0.25) is 11.9 Å². The van der Waals surface area contributed by atoms with Crippen molar-refractivity contribution in [3.8, 4) is 5.75 Å². The summed E-state index contributed by atoms with van der Waals surface area (Å²) in [6.07, 6.45) is 0.0767. The number of phenolic OH excluding ortho intramolecular Hbond substituents is 1. The molecule has 2 unspecified atom stereocenters. The minimum atomic E-state index is -2.95. The van der Waals surface area contributed by atoms with Crippen LogP contribution in [0.2, 0.25) is 0 Å². The summed E-state index contributed by atoms with van der Waals surface area (Å²) in [5.41, 5.74) is 3.38. The zero-order valence-electron chi connectivity index (χ0n) is 20.0. The molecule has 3 aliphatic carbocycles. The Morgan fingerprint density at radius 1 is 1.24 bits per heavy atom. The molecule has 37 heavy (non-hydrogen) atoms. The first-order chi connectivity index (χ1) is 17.4. The van der Waals surface area contributed by atoms with E-state index in [2.05, 4.69) is 15.3 Å². The van der Waals surface area contributed by atoms with Crippen molar-refractivity contribution in [2.45, 2.75) is 44.3 Å². The van der Waals surface area contributed by atoms with Crippen molar-refractivity contribution in [1.82, 2.24) is 9.97 Å². The number of carbonyl (C=O) groups is 5. The van der Waals surface area contributed by atoms with E-state index in [4.69, 9.17) is 5.73 Å². The molecule has 3 aliphatic rings. The number of phenols is 1. The minimum Gasteiger partial charge on any atom is -0.505 e. The third kappa shape index (κ3) is 3.28. The minimum absolute atomic E-state index is 0.128. The zero-order chi connectivity index (χ0) is 27.0. The Morgan fingerprint density at radius 2 is 1.95 bits per heavy atom. The molecule has 2 aromatic rings. The van der Waals surface area contributed by atoms with Gasteiger partial charge in [-0.25, -0.2) is 4.98 Å². The predicted octanol–water partition coefficient (Wildman–Crippen LogP) is -0.112. The molecule has 0 radical (unpaired) electrons. The topological polar surface area (TPSA) is 213 Å². The van der Waals surface area contributed by atoms with Crippen molar-refractivity contribution in [1.29, 1.82) is 0 Å². The molecule has 0 aliphatic heterocycles. The first-order valence-electron chi connectivity index (χ1n) is 11.9. The monoisotopic (exact) mass is 510 g/mol. The largest absolute Gasteiger partial charge is 0.505 e. The van der Waals surface area contributed by atoms with Crippen LogP contribution in [0.4, 0.5) is 11.6 Å². The molecule has 0 spiro atoms. The lowest BCUT2D eigenvalue weighted by Crippen LogP contribution is -2.72. The van der Waals surface area contributed by atoms with Crippen molar-refractivity contribution < 1.29 is 39.3 Å². The number of hydrogen-bond acceptors (Lipinski definition) is 10. The highest BCUT2D eigenvalue weighted by molar-refractivity contribution is 6.31. The van der Waals surface area contributed by atoms with Gasteiger partial charge in [0.1, 0.15) is 5.75 Å². The van der Waals surface area contributed by atoms with Crippen molar-refractivity contribution >= 4 is 40.7 Å². The number of benzene rings is 1. The van der Waals surface area contributed by atoms with Crippen LogP contribution in [0.5, 0.6) is 5.75 Å². The molecule has 7 N–H and O–H groups in total. The van der Waals surface area contributed by atoms with Crippen molar-refractivity contribution in [3.05, 3.63) is 35.2 Å². The normalized spacial score (nSPS) is 33.0. The number of H-pyrrole nitrogens is 1. The van der Waals surface area contributed by atoms with Crippen LogP contribution in [0.15, 0.2) is 18.3 Å². The first-order valence-corrected chi connectivity index (χ1v) is 11.9. The molecule has 194 valence electrons. The number of hydrogen-bond donors (Lipinski definition) is 6. The maximum atomic E-state index is 13.7. The van der Waals surface area contributed by atoms with Crippen LogP contribution < -0.4 is 11.1 Å². The van der Waals surface area contributed by atoms with E-state index in [0.717, 1.165) is 5.69 Å².